The van der Waals surface area contributed by atoms with Crippen LogP contribution in [-0.4, -0.2) is 29.0 Å². The van der Waals surface area contributed by atoms with Gasteiger partial charge in [0.05, 0.1) is 6.04 Å². The lowest BCUT2D eigenvalue weighted by molar-refractivity contribution is -0.122. The van der Waals surface area contributed by atoms with Crippen LogP contribution in [0.3, 0.4) is 0 Å². The molecule has 1 heterocycles. The normalized spacial score (nSPS) is 30.1. The molecule has 3 N–H and O–H groups in total. The van der Waals surface area contributed by atoms with Crippen LogP contribution < -0.4 is 11.1 Å². The number of amides is 1. The highest BCUT2D eigenvalue weighted by atomic mass is 32.2. The van der Waals surface area contributed by atoms with Gasteiger partial charge in [0, 0.05) is 11.3 Å². The van der Waals surface area contributed by atoms with Gasteiger partial charge < -0.3 is 11.1 Å². The van der Waals surface area contributed by atoms with E-state index in [1.54, 1.807) is 6.92 Å². The zero-order valence-electron chi connectivity index (χ0n) is 8.30. The fourth-order valence-corrected chi connectivity index (χ4v) is 2.66. The lowest BCUT2D eigenvalue weighted by Crippen LogP contribution is -2.43. The molecule has 3 nitrogen and oxygen atoms in total. The third-order valence-corrected chi connectivity index (χ3v) is 3.89. The number of nitrogens with one attached hydrogen (secondary N) is 1. The van der Waals surface area contributed by atoms with Crippen molar-refractivity contribution in [3.63, 3.8) is 0 Å². The van der Waals surface area contributed by atoms with E-state index in [4.69, 9.17) is 5.73 Å². The van der Waals surface area contributed by atoms with Crippen molar-refractivity contribution in [3.05, 3.63) is 0 Å². The summed E-state index contributed by atoms with van der Waals surface area (Å²) >= 11 is 1.94. The van der Waals surface area contributed by atoms with Crippen LogP contribution in [0.1, 0.15) is 26.7 Å². The third kappa shape index (κ3) is 3.19. The largest absolute Gasteiger partial charge is 0.353 e. The second-order valence-electron chi connectivity index (χ2n) is 3.91. The average molecular weight is 202 g/mol. The Hall–Kier alpha value is -0.220. The summed E-state index contributed by atoms with van der Waals surface area (Å²) in [7, 11) is 0. The Morgan fingerprint density at radius 2 is 2.46 bits per heavy atom. The zero-order valence-corrected chi connectivity index (χ0v) is 9.12. The summed E-state index contributed by atoms with van der Waals surface area (Å²) in [4.78, 5) is 11.2. The van der Waals surface area contributed by atoms with Crippen molar-refractivity contribution in [2.75, 3.05) is 12.3 Å². The van der Waals surface area contributed by atoms with Crippen LogP contribution in [0.5, 0.6) is 0 Å². The van der Waals surface area contributed by atoms with E-state index < -0.39 is 6.04 Å². The Morgan fingerprint density at radius 3 is 2.92 bits per heavy atom. The topological polar surface area (TPSA) is 55.1 Å². The maximum atomic E-state index is 11.2. The lowest BCUT2D eigenvalue weighted by Gasteiger charge is -2.23. The number of carbonyl (C=O) groups is 1. The summed E-state index contributed by atoms with van der Waals surface area (Å²) in [5, 5.41) is 2.88. The summed E-state index contributed by atoms with van der Waals surface area (Å²) in [5.74, 6) is 1.17. The molecule has 0 spiro atoms. The van der Waals surface area contributed by atoms with Crippen LogP contribution in [0, 0.1) is 0 Å². The first-order valence-electron chi connectivity index (χ1n) is 4.71. The molecule has 1 fully saturated rings. The SMILES string of the molecule is CC(N)C(=O)NCC1(C)CCCS1. The van der Waals surface area contributed by atoms with E-state index in [0.29, 0.717) is 0 Å². The molecule has 1 saturated heterocycles. The van der Waals surface area contributed by atoms with E-state index in [2.05, 4.69) is 12.2 Å². The van der Waals surface area contributed by atoms with Crippen LogP contribution in [0.2, 0.25) is 0 Å². The van der Waals surface area contributed by atoms with E-state index in [9.17, 15) is 4.79 Å². The van der Waals surface area contributed by atoms with Crippen LogP contribution in [0.4, 0.5) is 0 Å². The van der Waals surface area contributed by atoms with E-state index in [1.165, 1.54) is 18.6 Å². The molecule has 2 unspecified atom stereocenters. The van der Waals surface area contributed by atoms with Gasteiger partial charge in [-0.1, -0.05) is 0 Å². The maximum Gasteiger partial charge on any atom is 0.236 e. The second-order valence-corrected chi connectivity index (χ2v) is 5.59. The number of hydrogen-bond donors (Lipinski definition) is 2. The van der Waals surface area contributed by atoms with Crippen molar-refractivity contribution in [2.24, 2.45) is 5.73 Å². The Kier molecular flexibility index (Phi) is 3.62. The van der Waals surface area contributed by atoms with Crippen LogP contribution in [0.25, 0.3) is 0 Å². The van der Waals surface area contributed by atoms with E-state index in [-0.39, 0.29) is 10.7 Å². The number of hydrogen-bond acceptors (Lipinski definition) is 3. The van der Waals surface area contributed by atoms with Crippen molar-refractivity contribution < 1.29 is 4.79 Å². The minimum absolute atomic E-state index is 0.0475. The summed E-state index contributed by atoms with van der Waals surface area (Å²) in [6, 6.07) is -0.394. The Bertz CT molecular complexity index is 188. The molecule has 1 aliphatic rings. The van der Waals surface area contributed by atoms with E-state index in [0.717, 1.165) is 6.54 Å². The third-order valence-electron chi connectivity index (χ3n) is 2.35. The molecular weight excluding hydrogens is 184 g/mol. The van der Waals surface area contributed by atoms with E-state index in [1.807, 2.05) is 11.8 Å². The summed E-state index contributed by atoms with van der Waals surface area (Å²) in [6.07, 6.45) is 2.45. The Labute approximate surface area is 83.8 Å². The fourth-order valence-electron chi connectivity index (χ4n) is 1.41. The molecule has 0 bridgehead atoms. The van der Waals surface area contributed by atoms with Gasteiger partial charge in [0.15, 0.2) is 0 Å². The van der Waals surface area contributed by atoms with Crippen molar-refractivity contribution in [1.29, 1.82) is 0 Å². The standard InChI is InChI=1S/C9H18N2OS/c1-7(10)8(12)11-6-9(2)4-3-5-13-9/h7H,3-6,10H2,1-2H3,(H,11,12). The maximum absolute atomic E-state index is 11.2. The van der Waals surface area contributed by atoms with Gasteiger partial charge in [-0.3, -0.25) is 4.79 Å². The minimum Gasteiger partial charge on any atom is -0.353 e. The van der Waals surface area contributed by atoms with Crippen molar-refractivity contribution >= 4 is 17.7 Å². The first kappa shape index (κ1) is 10.9. The molecule has 2 atom stereocenters. The number of nitrogens with two attached hydrogens (primary N) is 1. The van der Waals surface area contributed by atoms with E-state index >= 15 is 0 Å². The molecule has 76 valence electrons. The summed E-state index contributed by atoms with van der Waals surface area (Å²) in [6.45, 7) is 4.66. The van der Waals surface area contributed by atoms with Crippen LogP contribution in [-0.2, 0) is 4.79 Å². The van der Waals surface area contributed by atoms with Gasteiger partial charge in [-0.25, -0.2) is 0 Å². The molecule has 1 amide bonds. The predicted octanol–water partition coefficient (Wildman–Crippen LogP) is 0.735. The number of thioether (sulfide) groups is 1. The van der Waals surface area contributed by atoms with Gasteiger partial charge in [0.25, 0.3) is 0 Å². The average Bonchev–Trinajstić information content (AvgIpc) is 2.48. The van der Waals surface area contributed by atoms with Gasteiger partial charge in [-0.2, -0.15) is 11.8 Å². The number of rotatable bonds is 3. The van der Waals surface area contributed by atoms with Crippen molar-refractivity contribution in [2.45, 2.75) is 37.5 Å². The van der Waals surface area contributed by atoms with Crippen LogP contribution >= 0.6 is 11.8 Å². The second kappa shape index (κ2) is 4.33. The van der Waals surface area contributed by atoms with Crippen molar-refractivity contribution in [3.8, 4) is 0 Å². The highest BCUT2D eigenvalue weighted by Crippen LogP contribution is 2.36. The highest BCUT2D eigenvalue weighted by molar-refractivity contribution is 8.00. The molecular formula is C9H18N2OS. The first-order valence-corrected chi connectivity index (χ1v) is 5.69. The number of carbonyl (C=O) groups excluding carboxylic acids is 1. The van der Waals surface area contributed by atoms with Crippen molar-refractivity contribution in [1.82, 2.24) is 5.32 Å². The Balaban J connectivity index is 2.29. The molecule has 0 saturated carbocycles. The molecule has 1 rings (SSSR count). The molecule has 13 heavy (non-hydrogen) atoms. The molecule has 4 heteroatoms. The zero-order chi connectivity index (χ0) is 9.90. The van der Waals surface area contributed by atoms with Gasteiger partial charge in [0.1, 0.15) is 0 Å². The fraction of sp³-hybridized carbons (Fsp3) is 0.889. The molecule has 0 radical (unpaired) electrons. The van der Waals surface area contributed by atoms with Gasteiger partial charge in [-0.15, -0.1) is 0 Å². The molecule has 0 aromatic heterocycles. The van der Waals surface area contributed by atoms with Gasteiger partial charge >= 0.3 is 0 Å². The monoisotopic (exact) mass is 202 g/mol. The lowest BCUT2D eigenvalue weighted by atomic mass is 10.1. The van der Waals surface area contributed by atoms with Crippen LogP contribution in [0.15, 0.2) is 0 Å². The van der Waals surface area contributed by atoms with Gasteiger partial charge in [0.2, 0.25) is 5.91 Å². The summed E-state index contributed by atoms with van der Waals surface area (Å²) < 4.78 is 0.241. The first-order chi connectivity index (χ1) is 6.03. The highest BCUT2D eigenvalue weighted by Gasteiger charge is 2.29. The molecule has 1 aliphatic heterocycles. The smallest absolute Gasteiger partial charge is 0.236 e. The Morgan fingerprint density at radius 1 is 1.77 bits per heavy atom. The molecule has 0 aromatic rings. The molecule has 0 aromatic carbocycles. The summed E-state index contributed by atoms with van der Waals surface area (Å²) in [5.41, 5.74) is 5.44. The predicted molar refractivity (Wildman–Crippen MR) is 56.8 cm³/mol. The van der Waals surface area contributed by atoms with Gasteiger partial charge in [-0.05, 0) is 32.4 Å². The minimum atomic E-state index is -0.394. The quantitative estimate of drug-likeness (QED) is 0.709. The molecule has 0 aliphatic carbocycles.